The smallest absolute Gasteiger partial charge is 0.323 e. The quantitative estimate of drug-likeness (QED) is 0.764. The zero-order valence-corrected chi connectivity index (χ0v) is 11.6. The van der Waals surface area contributed by atoms with E-state index in [1.807, 2.05) is 4.90 Å². The van der Waals surface area contributed by atoms with E-state index in [0.29, 0.717) is 11.6 Å². The molecule has 1 spiro atoms. The first-order valence-electron chi connectivity index (χ1n) is 7.03. The molecule has 3 heterocycles. The van der Waals surface area contributed by atoms with Crippen molar-refractivity contribution in [2.45, 2.75) is 44.7 Å². The highest BCUT2D eigenvalue weighted by Crippen LogP contribution is 2.41. The van der Waals surface area contributed by atoms with E-state index >= 15 is 0 Å². The van der Waals surface area contributed by atoms with Gasteiger partial charge >= 0.3 is 6.03 Å². The van der Waals surface area contributed by atoms with Crippen molar-refractivity contribution < 1.29 is 4.79 Å². The Bertz CT molecular complexity index is 448. The van der Waals surface area contributed by atoms with Crippen molar-refractivity contribution in [2.75, 3.05) is 19.6 Å². The summed E-state index contributed by atoms with van der Waals surface area (Å²) in [6, 6.07) is 0.550. The average molecular weight is 263 g/mol. The van der Waals surface area contributed by atoms with Crippen LogP contribution in [0.5, 0.6) is 0 Å². The highest BCUT2D eigenvalue weighted by molar-refractivity contribution is 5.75. The molecule has 2 fully saturated rings. The van der Waals surface area contributed by atoms with Crippen LogP contribution in [0.1, 0.15) is 33.1 Å². The average Bonchev–Trinajstić information content (AvgIpc) is 2.90. The second-order valence-corrected chi connectivity index (χ2v) is 5.87. The second kappa shape index (κ2) is 4.59. The largest absolute Gasteiger partial charge is 0.346 e. The second-order valence-electron chi connectivity index (χ2n) is 5.87. The predicted molar refractivity (Wildman–Crippen MR) is 70.8 cm³/mol. The molecule has 0 saturated carbocycles. The molecule has 0 bridgehead atoms. The van der Waals surface area contributed by atoms with Crippen molar-refractivity contribution >= 4 is 6.03 Å². The fourth-order valence-corrected chi connectivity index (χ4v) is 3.47. The van der Waals surface area contributed by atoms with Gasteiger partial charge in [0.05, 0.1) is 0 Å². The third-order valence-electron chi connectivity index (χ3n) is 4.63. The van der Waals surface area contributed by atoms with Gasteiger partial charge in [-0.25, -0.2) is 9.78 Å². The van der Waals surface area contributed by atoms with Crippen molar-refractivity contribution in [2.24, 2.45) is 0 Å². The van der Waals surface area contributed by atoms with E-state index in [2.05, 4.69) is 28.8 Å². The Labute approximate surface area is 113 Å². The lowest BCUT2D eigenvalue weighted by molar-refractivity contribution is -0.0725. The van der Waals surface area contributed by atoms with Gasteiger partial charge in [-0.2, -0.15) is 9.78 Å². The van der Waals surface area contributed by atoms with Crippen molar-refractivity contribution in [1.82, 2.24) is 24.6 Å². The van der Waals surface area contributed by atoms with E-state index in [-0.39, 0.29) is 6.03 Å². The number of likely N-dealkylation sites (tertiary alicyclic amines) is 2. The highest BCUT2D eigenvalue weighted by Gasteiger charge is 2.47. The van der Waals surface area contributed by atoms with Crippen LogP contribution >= 0.6 is 0 Å². The molecular weight excluding hydrogens is 242 g/mol. The summed E-state index contributed by atoms with van der Waals surface area (Å²) in [5.41, 5.74) is 0.354. The fourth-order valence-electron chi connectivity index (χ4n) is 3.47. The normalized spacial score (nSPS) is 22.8. The summed E-state index contributed by atoms with van der Waals surface area (Å²) >= 11 is 0. The summed E-state index contributed by atoms with van der Waals surface area (Å²) in [6.07, 6.45) is 6.29. The Morgan fingerprint density at radius 3 is 2.37 bits per heavy atom. The number of carbonyl (C=O) groups excluding carboxylic acids is 1. The van der Waals surface area contributed by atoms with Gasteiger partial charge in [0.1, 0.15) is 12.7 Å². The maximum Gasteiger partial charge on any atom is 0.346 e. The SMILES string of the molecule is CC(C)N1CCC12CCN(C(=O)n1cncn1)CC2. The number of nitrogens with zero attached hydrogens (tertiary/aromatic N) is 5. The summed E-state index contributed by atoms with van der Waals surface area (Å²) < 4.78 is 1.32. The molecule has 2 aliphatic heterocycles. The van der Waals surface area contributed by atoms with Crippen LogP contribution in [0.4, 0.5) is 4.79 Å². The zero-order chi connectivity index (χ0) is 13.5. The molecule has 0 aromatic carbocycles. The van der Waals surface area contributed by atoms with Crippen molar-refractivity contribution in [3.63, 3.8) is 0 Å². The van der Waals surface area contributed by atoms with Crippen LogP contribution in [0.15, 0.2) is 12.7 Å². The number of aromatic nitrogens is 3. The summed E-state index contributed by atoms with van der Waals surface area (Å²) in [4.78, 5) is 20.5. The van der Waals surface area contributed by atoms with Crippen LogP contribution in [0.25, 0.3) is 0 Å². The molecule has 3 rings (SSSR count). The van der Waals surface area contributed by atoms with E-state index < -0.39 is 0 Å². The minimum atomic E-state index is -0.0530. The first-order valence-corrected chi connectivity index (χ1v) is 7.03. The van der Waals surface area contributed by atoms with Gasteiger partial charge in [-0.05, 0) is 33.1 Å². The van der Waals surface area contributed by atoms with Crippen LogP contribution in [0.2, 0.25) is 0 Å². The minimum absolute atomic E-state index is 0.0530. The van der Waals surface area contributed by atoms with E-state index in [0.717, 1.165) is 25.9 Å². The first-order chi connectivity index (χ1) is 9.12. The lowest BCUT2D eigenvalue weighted by Gasteiger charge is -2.58. The number of rotatable bonds is 1. The number of carbonyl (C=O) groups is 1. The zero-order valence-electron chi connectivity index (χ0n) is 11.6. The van der Waals surface area contributed by atoms with Gasteiger partial charge in [-0.15, -0.1) is 0 Å². The predicted octanol–water partition coefficient (Wildman–Crippen LogP) is 1.19. The third kappa shape index (κ3) is 2.04. The minimum Gasteiger partial charge on any atom is -0.323 e. The number of piperidine rings is 1. The maximum absolute atomic E-state index is 12.2. The molecule has 1 aromatic rings. The molecule has 1 aromatic heterocycles. The highest BCUT2D eigenvalue weighted by atomic mass is 16.2. The van der Waals surface area contributed by atoms with Gasteiger partial charge in [-0.3, -0.25) is 4.90 Å². The van der Waals surface area contributed by atoms with Crippen LogP contribution in [-0.4, -0.2) is 61.8 Å². The van der Waals surface area contributed by atoms with E-state index in [1.165, 1.54) is 30.3 Å². The maximum atomic E-state index is 12.2. The van der Waals surface area contributed by atoms with E-state index in [9.17, 15) is 4.79 Å². The molecule has 2 saturated heterocycles. The monoisotopic (exact) mass is 263 g/mol. The molecule has 1 amide bonds. The van der Waals surface area contributed by atoms with E-state index in [4.69, 9.17) is 0 Å². The Morgan fingerprint density at radius 2 is 1.89 bits per heavy atom. The molecule has 2 aliphatic rings. The Kier molecular flexibility index (Phi) is 3.05. The molecule has 0 radical (unpaired) electrons. The summed E-state index contributed by atoms with van der Waals surface area (Å²) in [6.45, 7) is 7.36. The van der Waals surface area contributed by atoms with Gasteiger partial charge in [0.15, 0.2) is 0 Å². The van der Waals surface area contributed by atoms with Gasteiger partial charge in [0.2, 0.25) is 0 Å². The molecule has 6 heteroatoms. The molecule has 104 valence electrons. The Morgan fingerprint density at radius 1 is 1.21 bits per heavy atom. The van der Waals surface area contributed by atoms with Gasteiger partial charge < -0.3 is 4.90 Å². The fraction of sp³-hybridized carbons (Fsp3) is 0.769. The Balaban J connectivity index is 1.62. The number of amides is 1. The lowest BCUT2D eigenvalue weighted by Crippen LogP contribution is -2.66. The molecule has 0 aliphatic carbocycles. The topological polar surface area (TPSA) is 54.3 Å². The summed E-state index contributed by atoms with van der Waals surface area (Å²) in [5.74, 6) is 0. The Hall–Kier alpha value is -1.43. The van der Waals surface area contributed by atoms with Crippen molar-refractivity contribution in [3.05, 3.63) is 12.7 Å². The summed E-state index contributed by atoms with van der Waals surface area (Å²) in [7, 11) is 0. The van der Waals surface area contributed by atoms with E-state index in [1.54, 1.807) is 0 Å². The first kappa shape index (κ1) is 12.6. The standard InChI is InChI=1S/C13H21N5O/c1-11(2)17-8-5-13(17)3-6-16(7-4-13)12(19)18-10-14-9-15-18/h9-11H,3-8H2,1-2H3. The van der Waals surface area contributed by atoms with Gasteiger partial charge in [0.25, 0.3) is 0 Å². The molecule has 19 heavy (non-hydrogen) atoms. The molecule has 6 nitrogen and oxygen atoms in total. The van der Waals surface area contributed by atoms with Crippen molar-refractivity contribution in [1.29, 1.82) is 0 Å². The molecule has 0 N–H and O–H groups in total. The van der Waals surface area contributed by atoms with Crippen LogP contribution in [-0.2, 0) is 0 Å². The molecule has 0 unspecified atom stereocenters. The number of hydrogen-bond acceptors (Lipinski definition) is 4. The van der Waals surface area contributed by atoms with Crippen LogP contribution < -0.4 is 0 Å². The molecule has 0 atom stereocenters. The summed E-state index contributed by atoms with van der Waals surface area (Å²) in [5, 5.41) is 3.91. The van der Waals surface area contributed by atoms with Crippen LogP contribution in [0.3, 0.4) is 0 Å². The lowest BCUT2D eigenvalue weighted by atomic mass is 9.75. The number of hydrogen-bond donors (Lipinski definition) is 0. The van der Waals surface area contributed by atoms with Crippen LogP contribution in [0, 0.1) is 0 Å². The van der Waals surface area contributed by atoms with Crippen molar-refractivity contribution in [3.8, 4) is 0 Å². The third-order valence-corrected chi connectivity index (χ3v) is 4.63. The van der Waals surface area contributed by atoms with Gasteiger partial charge in [-0.1, -0.05) is 0 Å². The van der Waals surface area contributed by atoms with Gasteiger partial charge in [0, 0.05) is 31.2 Å². The molecular formula is C13H21N5O.